The maximum Gasteiger partial charge on any atom is 0.277 e. The molecule has 0 saturated heterocycles. The van der Waals surface area contributed by atoms with Crippen LogP contribution < -0.4 is 10.2 Å². The highest BCUT2D eigenvalue weighted by Crippen LogP contribution is 2.35. The Labute approximate surface area is 179 Å². The van der Waals surface area contributed by atoms with Gasteiger partial charge in [0.2, 0.25) is 5.91 Å². The third-order valence-corrected chi connectivity index (χ3v) is 5.77. The fraction of sp³-hybridized carbons (Fsp3) is 0.542. The molecule has 2 heterocycles. The highest BCUT2D eigenvalue weighted by Gasteiger charge is 2.49. The maximum atomic E-state index is 13.7. The lowest BCUT2D eigenvalue weighted by atomic mass is 9.91. The van der Waals surface area contributed by atoms with Gasteiger partial charge in [0.05, 0.1) is 12.2 Å². The number of aromatic nitrogens is 2. The van der Waals surface area contributed by atoms with Crippen molar-refractivity contribution in [1.82, 2.24) is 15.1 Å². The molecule has 0 unspecified atom stereocenters. The van der Waals surface area contributed by atoms with Crippen molar-refractivity contribution in [1.29, 1.82) is 0 Å². The van der Waals surface area contributed by atoms with Crippen LogP contribution in [0.1, 0.15) is 69.7 Å². The van der Waals surface area contributed by atoms with Crippen LogP contribution in [0.15, 0.2) is 30.3 Å². The average molecular weight is 411 g/mol. The summed E-state index contributed by atoms with van der Waals surface area (Å²) in [5.74, 6) is 0.142. The Morgan fingerprint density at radius 1 is 1.27 bits per heavy atom. The van der Waals surface area contributed by atoms with Crippen LogP contribution in [-0.2, 0) is 16.8 Å². The van der Waals surface area contributed by atoms with Gasteiger partial charge in [0.1, 0.15) is 11.2 Å². The second-order valence-corrected chi connectivity index (χ2v) is 9.96. The lowest BCUT2D eigenvalue weighted by Crippen LogP contribution is -2.64. The standard InChI is InChI=1S/C24H34N4O2/c1-16(2)12-13-25-22(30)24(7)15-27-19(14-20(26-27)23(4,5)6)21(29)28(24)18-11-9-8-10-17(18)3/h8-11,14,16H,12-13,15H2,1-7H3,(H,25,30)/t24-/m1/s1. The first-order chi connectivity index (χ1) is 13.9. The predicted octanol–water partition coefficient (Wildman–Crippen LogP) is 4.07. The molecular formula is C24H34N4O2. The molecule has 1 aromatic heterocycles. The van der Waals surface area contributed by atoms with Gasteiger partial charge in [-0.15, -0.1) is 0 Å². The van der Waals surface area contributed by atoms with Gasteiger partial charge in [-0.05, 0) is 43.9 Å². The van der Waals surface area contributed by atoms with E-state index in [4.69, 9.17) is 5.10 Å². The summed E-state index contributed by atoms with van der Waals surface area (Å²) < 4.78 is 1.71. The number of carbonyl (C=O) groups excluding carboxylic acids is 2. The molecule has 0 radical (unpaired) electrons. The molecule has 2 amide bonds. The minimum absolute atomic E-state index is 0.154. The van der Waals surface area contributed by atoms with E-state index >= 15 is 0 Å². The van der Waals surface area contributed by atoms with Gasteiger partial charge >= 0.3 is 0 Å². The highest BCUT2D eigenvalue weighted by molar-refractivity contribution is 6.12. The molecule has 6 heteroatoms. The van der Waals surface area contributed by atoms with Crippen molar-refractivity contribution in [3.63, 3.8) is 0 Å². The lowest BCUT2D eigenvalue weighted by molar-refractivity contribution is -0.126. The summed E-state index contributed by atoms with van der Waals surface area (Å²) in [6.07, 6.45) is 0.890. The third-order valence-electron chi connectivity index (χ3n) is 5.77. The van der Waals surface area contributed by atoms with Gasteiger partial charge in [0.25, 0.3) is 5.91 Å². The number of aryl methyl sites for hydroxylation is 1. The van der Waals surface area contributed by atoms with E-state index in [2.05, 4.69) is 39.9 Å². The van der Waals surface area contributed by atoms with Crippen molar-refractivity contribution in [2.45, 2.75) is 72.4 Å². The molecule has 30 heavy (non-hydrogen) atoms. The van der Waals surface area contributed by atoms with E-state index in [1.165, 1.54) is 0 Å². The Hall–Kier alpha value is -2.63. The van der Waals surface area contributed by atoms with Crippen molar-refractivity contribution in [3.05, 3.63) is 47.3 Å². The Bertz CT molecular complexity index is 954. The van der Waals surface area contributed by atoms with Crippen LogP contribution in [0.5, 0.6) is 0 Å². The number of fused-ring (bicyclic) bond motifs is 1. The van der Waals surface area contributed by atoms with Gasteiger partial charge in [-0.3, -0.25) is 19.2 Å². The minimum Gasteiger partial charge on any atom is -0.354 e. The summed E-state index contributed by atoms with van der Waals surface area (Å²) in [6, 6.07) is 9.58. The monoisotopic (exact) mass is 410 g/mol. The molecule has 0 bridgehead atoms. The molecule has 0 saturated carbocycles. The van der Waals surface area contributed by atoms with Gasteiger partial charge < -0.3 is 5.32 Å². The molecule has 1 aliphatic rings. The Balaban J connectivity index is 2.08. The zero-order valence-electron chi connectivity index (χ0n) is 19.2. The Morgan fingerprint density at radius 2 is 1.93 bits per heavy atom. The van der Waals surface area contributed by atoms with E-state index in [-0.39, 0.29) is 17.2 Å². The van der Waals surface area contributed by atoms with E-state index < -0.39 is 5.54 Å². The number of benzene rings is 1. The van der Waals surface area contributed by atoms with E-state index in [1.54, 1.807) is 9.58 Å². The van der Waals surface area contributed by atoms with Crippen LogP contribution in [0.3, 0.4) is 0 Å². The number of para-hydroxylation sites is 1. The van der Waals surface area contributed by atoms with Crippen LogP contribution in [0, 0.1) is 12.8 Å². The second-order valence-electron chi connectivity index (χ2n) is 9.96. The maximum absolute atomic E-state index is 13.7. The molecule has 1 atom stereocenters. The van der Waals surface area contributed by atoms with E-state index in [0.29, 0.717) is 24.7 Å². The molecular weight excluding hydrogens is 376 g/mol. The summed E-state index contributed by atoms with van der Waals surface area (Å²) in [5, 5.41) is 7.76. The summed E-state index contributed by atoms with van der Waals surface area (Å²) in [6.45, 7) is 15.2. The number of hydrogen-bond donors (Lipinski definition) is 1. The lowest BCUT2D eigenvalue weighted by Gasteiger charge is -2.43. The third kappa shape index (κ3) is 4.00. The molecule has 1 aromatic carbocycles. The summed E-state index contributed by atoms with van der Waals surface area (Å²) in [5.41, 5.74) is 1.82. The van der Waals surface area contributed by atoms with Crippen molar-refractivity contribution in [3.8, 4) is 0 Å². The van der Waals surface area contributed by atoms with Crippen molar-refractivity contribution >= 4 is 17.5 Å². The smallest absolute Gasteiger partial charge is 0.277 e. The fourth-order valence-corrected chi connectivity index (χ4v) is 3.80. The van der Waals surface area contributed by atoms with Gasteiger partial charge in [-0.2, -0.15) is 5.10 Å². The summed E-state index contributed by atoms with van der Waals surface area (Å²) in [4.78, 5) is 28.8. The van der Waals surface area contributed by atoms with Crippen molar-refractivity contribution < 1.29 is 9.59 Å². The number of carbonyl (C=O) groups is 2. The number of hydrogen-bond acceptors (Lipinski definition) is 3. The first-order valence-electron chi connectivity index (χ1n) is 10.7. The molecule has 2 aromatic rings. The largest absolute Gasteiger partial charge is 0.354 e. The zero-order chi connectivity index (χ0) is 22.3. The number of amides is 2. The summed E-state index contributed by atoms with van der Waals surface area (Å²) >= 11 is 0. The SMILES string of the molecule is Cc1ccccc1N1C(=O)c2cc(C(C)(C)C)nn2C[C@]1(C)C(=O)NCCC(C)C. The fourth-order valence-electron chi connectivity index (χ4n) is 3.80. The van der Waals surface area contributed by atoms with Gasteiger partial charge in [-0.25, -0.2) is 0 Å². The molecule has 0 fully saturated rings. The number of nitrogens with zero attached hydrogens (tertiary/aromatic N) is 3. The number of nitrogens with one attached hydrogen (secondary N) is 1. The molecule has 0 spiro atoms. The Morgan fingerprint density at radius 3 is 2.53 bits per heavy atom. The van der Waals surface area contributed by atoms with E-state index in [1.807, 2.05) is 44.2 Å². The van der Waals surface area contributed by atoms with Crippen molar-refractivity contribution in [2.75, 3.05) is 11.4 Å². The molecule has 0 aliphatic carbocycles. The first kappa shape index (κ1) is 22.1. The topological polar surface area (TPSA) is 67.2 Å². The zero-order valence-corrected chi connectivity index (χ0v) is 19.2. The number of rotatable bonds is 5. The van der Waals surface area contributed by atoms with Gasteiger partial charge in [0.15, 0.2) is 0 Å². The molecule has 162 valence electrons. The predicted molar refractivity (Wildman–Crippen MR) is 120 cm³/mol. The quantitative estimate of drug-likeness (QED) is 0.808. The van der Waals surface area contributed by atoms with Gasteiger partial charge in [0, 0.05) is 17.6 Å². The molecule has 1 N–H and O–H groups in total. The second kappa shape index (κ2) is 7.89. The van der Waals surface area contributed by atoms with Gasteiger partial charge in [-0.1, -0.05) is 52.8 Å². The average Bonchev–Trinajstić information content (AvgIpc) is 3.07. The van der Waals surface area contributed by atoms with Crippen LogP contribution in [0.2, 0.25) is 0 Å². The molecule has 6 nitrogen and oxygen atoms in total. The van der Waals surface area contributed by atoms with E-state index in [9.17, 15) is 9.59 Å². The molecule has 1 aliphatic heterocycles. The van der Waals surface area contributed by atoms with Crippen LogP contribution in [0.25, 0.3) is 0 Å². The van der Waals surface area contributed by atoms with Crippen LogP contribution in [0.4, 0.5) is 5.69 Å². The minimum atomic E-state index is -1.08. The molecule has 3 rings (SSSR count). The van der Waals surface area contributed by atoms with Crippen LogP contribution >= 0.6 is 0 Å². The normalized spacial score (nSPS) is 19.2. The van der Waals surface area contributed by atoms with Crippen molar-refractivity contribution in [2.24, 2.45) is 5.92 Å². The first-order valence-corrected chi connectivity index (χ1v) is 10.7. The van der Waals surface area contributed by atoms with Crippen LogP contribution in [-0.4, -0.2) is 33.7 Å². The highest BCUT2D eigenvalue weighted by atomic mass is 16.2. The van der Waals surface area contributed by atoms with E-state index in [0.717, 1.165) is 23.4 Å². The Kier molecular flexibility index (Phi) is 5.81. The summed E-state index contributed by atoms with van der Waals surface area (Å²) in [7, 11) is 0. The number of anilines is 1.